The lowest BCUT2D eigenvalue weighted by atomic mass is 10.1. The van der Waals surface area contributed by atoms with Crippen LogP contribution in [-0.4, -0.2) is 12.1 Å². The molecule has 3 nitrogen and oxygen atoms in total. The zero-order valence-electron chi connectivity index (χ0n) is 10.8. The first-order valence-electron chi connectivity index (χ1n) is 6.02. The van der Waals surface area contributed by atoms with E-state index in [9.17, 15) is 18.0 Å². The number of halogens is 3. The van der Waals surface area contributed by atoms with Crippen LogP contribution in [0.3, 0.4) is 0 Å². The van der Waals surface area contributed by atoms with Crippen molar-refractivity contribution in [2.45, 2.75) is 6.18 Å². The highest BCUT2D eigenvalue weighted by molar-refractivity contribution is 5.94. The van der Waals surface area contributed by atoms with Crippen LogP contribution >= 0.6 is 0 Å². The van der Waals surface area contributed by atoms with Crippen LogP contribution in [0, 0.1) is 0 Å². The molecule has 0 aliphatic rings. The Labute approximate surface area is 119 Å². The SMILES string of the molecule is O=C(NN=Cc1ccc(C(F)(F)F)cc1)c1ccccc1. The molecule has 2 aromatic carbocycles. The number of carbonyl (C=O) groups excluding carboxylic acids is 1. The van der Waals surface area contributed by atoms with Crippen molar-refractivity contribution in [1.29, 1.82) is 0 Å². The summed E-state index contributed by atoms with van der Waals surface area (Å²) in [7, 11) is 0. The van der Waals surface area contributed by atoms with Crippen molar-refractivity contribution in [3.8, 4) is 0 Å². The van der Waals surface area contributed by atoms with Gasteiger partial charge in [0.25, 0.3) is 5.91 Å². The van der Waals surface area contributed by atoms with Gasteiger partial charge >= 0.3 is 6.18 Å². The lowest BCUT2D eigenvalue weighted by molar-refractivity contribution is -0.137. The normalized spacial score (nSPS) is 11.6. The molecule has 0 fully saturated rings. The number of nitrogens with zero attached hydrogens (tertiary/aromatic N) is 1. The summed E-state index contributed by atoms with van der Waals surface area (Å²) in [4.78, 5) is 11.6. The van der Waals surface area contributed by atoms with Crippen molar-refractivity contribution in [2.75, 3.05) is 0 Å². The van der Waals surface area contributed by atoms with Crippen LogP contribution in [-0.2, 0) is 6.18 Å². The van der Waals surface area contributed by atoms with Crippen LogP contribution in [0.5, 0.6) is 0 Å². The molecule has 108 valence electrons. The molecule has 0 aromatic heterocycles. The molecule has 1 N–H and O–H groups in total. The van der Waals surface area contributed by atoms with E-state index in [4.69, 9.17) is 0 Å². The maximum Gasteiger partial charge on any atom is 0.416 e. The minimum Gasteiger partial charge on any atom is -0.267 e. The van der Waals surface area contributed by atoms with Crippen LogP contribution in [0.15, 0.2) is 59.7 Å². The number of nitrogens with one attached hydrogen (secondary N) is 1. The van der Waals surface area contributed by atoms with E-state index < -0.39 is 17.6 Å². The first-order valence-corrected chi connectivity index (χ1v) is 6.02. The van der Waals surface area contributed by atoms with E-state index in [-0.39, 0.29) is 0 Å². The molecular formula is C15H11F3N2O. The van der Waals surface area contributed by atoms with E-state index in [1.54, 1.807) is 30.3 Å². The summed E-state index contributed by atoms with van der Waals surface area (Å²) in [6.45, 7) is 0. The molecule has 6 heteroatoms. The maximum atomic E-state index is 12.4. The lowest BCUT2D eigenvalue weighted by Gasteiger charge is -2.05. The van der Waals surface area contributed by atoms with Gasteiger partial charge in [0.15, 0.2) is 0 Å². The lowest BCUT2D eigenvalue weighted by Crippen LogP contribution is -2.17. The van der Waals surface area contributed by atoms with E-state index in [0.717, 1.165) is 12.1 Å². The van der Waals surface area contributed by atoms with E-state index in [0.29, 0.717) is 11.1 Å². The highest BCUT2D eigenvalue weighted by atomic mass is 19.4. The fourth-order valence-electron chi connectivity index (χ4n) is 1.58. The smallest absolute Gasteiger partial charge is 0.267 e. The number of hydrazone groups is 1. The molecule has 2 aromatic rings. The fourth-order valence-corrected chi connectivity index (χ4v) is 1.58. The second kappa shape index (κ2) is 6.21. The van der Waals surface area contributed by atoms with Gasteiger partial charge in [-0.25, -0.2) is 5.43 Å². The summed E-state index contributed by atoms with van der Waals surface area (Å²) in [5, 5.41) is 3.70. The number of hydrogen-bond acceptors (Lipinski definition) is 2. The number of benzene rings is 2. The summed E-state index contributed by atoms with van der Waals surface area (Å²) in [6.07, 6.45) is -3.09. The Hall–Kier alpha value is -2.63. The van der Waals surface area contributed by atoms with Gasteiger partial charge in [-0.05, 0) is 29.8 Å². The topological polar surface area (TPSA) is 41.5 Å². The first kappa shape index (κ1) is 14.8. The number of carbonyl (C=O) groups is 1. The summed E-state index contributed by atoms with van der Waals surface area (Å²) < 4.78 is 37.1. The minimum atomic E-state index is -4.36. The van der Waals surface area contributed by atoms with Gasteiger partial charge in [0.2, 0.25) is 0 Å². The Balaban J connectivity index is 1.97. The number of rotatable bonds is 3. The predicted molar refractivity (Wildman–Crippen MR) is 72.9 cm³/mol. The monoisotopic (exact) mass is 292 g/mol. The van der Waals surface area contributed by atoms with Crippen molar-refractivity contribution in [3.05, 3.63) is 71.3 Å². The highest BCUT2D eigenvalue weighted by Crippen LogP contribution is 2.28. The van der Waals surface area contributed by atoms with Crippen molar-refractivity contribution in [1.82, 2.24) is 5.43 Å². The molecule has 0 aliphatic heterocycles. The molecule has 1 amide bonds. The third-order valence-electron chi connectivity index (χ3n) is 2.65. The maximum absolute atomic E-state index is 12.4. The summed E-state index contributed by atoms with van der Waals surface area (Å²) in [5.41, 5.74) is 2.47. The van der Waals surface area contributed by atoms with Crippen LogP contribution < -0.4 is 5.43 Å². The largest absolute Gasteiger partial charge is 0.416 e. The number of amides is 1. The molecule has 0 heterocycles. The van der Waals surface area contributed by atoms with Crippen molar-refractivity contribution in [2.24, 2.45) is 5.10 Å². The van der Waals surface area contributed by atoms with Gasteiger partial charge in [0.1, 0.15) is 0 Å². The van der Waals surface area contributed by atoms with Crippen LogP contribution in [0.4, 0.5) is 13.2 Å². The molecule has 0 bridgehead atoms. The number of alkyl halides is 3. The Morgan fingerprint density at radius 3 is 2.19 bits per heavy atom. The average Bonchev–Trinajstić information content (AvgIpc) is 2.47. The van der Waals surface area contributed by atoms with Gasteiger partial charge in [0, 0.05) is 5.56 Å². The predicted octanol–water partition coefficient (Wildman–Crippen LogP) is 3.47. The molecule has 0 atom stereocenters. The van der Waals surface area contributed by atoms with E-state index in [2.05, 4.69) is 10.5 Å². The zero-order valence-corrected chi connectivity index (χ0v) is 10.8. The Bertz CT molecular complexity index is 634. The third-order valence-corrected chi connectivity index (χ3v) is 2.65. The Kier molecular flexibility index (Phi) is 4.37. The first-order chi connectivity index (χ1) is 9.97. The second-order valence-electron chi connectivity index (χ2n) is 4.18. The Morgan fingerprint density at radius 1 is 1.00 bits per heavy atom. The molecular weight excluding hydrogens is 281 g/mol. The van der Waals surface area contributed by atoms with Crippen molar-refractivity contribution in [3.63, 3.8) is 0 Å². The quantitative estimate of drug-likeness (QED) is 0.683. The summed E-state index contributed by atoms with van der Waals surface area (Å²) in [5.74, 6) is -0.390. The molecule has 0 aliphatic carbocycles. The van der Waals surface area contributed by atoms with Crippen LogP contribution in [0.25, 0.3) is 0 Å². The standard InChI is InChI=1S/C15H11F3N2O/c16-15(17,18)13-8-6-11(7-9-13)10-19-20-14(21)12-4-2-1-3-5-12/h1-10H,(H,20,21). The van der Waals surface area contributed by atoms with Gasteiger partial charge in [-0.3, -0.25) is 4.79 Å². The zero-order chi connectivity index (χ0) is 15.3. The molecule has 2 rings (SSSR count). The Morgan fingerprint density at radius 2 is 1.62 bits per heavy atom. The number of hydrogen-bond donors (Lipinski definition) is 1. The molecule has 0 saturated carbocycles. The van der Waals surface area contributed by atoms with E-state index in [1.165, 1.54) is 18.3 Å². The summed E-state index contributed by atoms with van der Waals surface area (Å²) >= 11 is 0. The molecule has 21 heavy (non-hydrogen) atoms. The van der Waals surface area contributed by atoms with E-state index in [1.807, 2.05) is 0 Å². The fraction of sp³-hybridized carbons (Fsp3) is 0.0667. The second-order valence-corrected chi connectivity index (χ2v) is 4.18. The molecule has 0 saturated heterocycles. The van der Waals surface area contributed by atoms with Crippen LogP contribution in [0.2, 0.25) is 0 Å². The van der Waals surface area contributed by atoms with Gasteiger partial charge in [-0.1, -0.05) is 30.3 Å². The highest BCUT2D eigenvalue weighted by Gasteiger charge is 2.29. The van der Waals surface area contributed by atoms with Gasteiger partial charge < -0.3 is 0 Å². The minimum absolute atomic E-state index is 0.390. The van der Waals surface area contributed by atoms with Crippen LogP contribution in [0.1, 0.15) is 21.5 Å². The van der Waals surface area contributed by atoms with Gasteiger partial charge in [-0.15, -0.1) is 0 Å². The van der Waals surface area contributed by atoms with Gasteiger partial charge in [-0.2, -0.15) is 18.3 Å². The van der Waals surface area contributed by atoms with Crippen molar-refractivity contribution < 1.29 is 18.0 Å². The van der Waals surface area contributed by atoms with E-state index >= 15 is 0 Å². The summed E-state index contributed by atoms with van der Waals surface area (Å²) in [6, 6.07) is 12.9. The average molecular weight is 292 g/mol. The third kappa shape index (κ3) is 4.17. The molecule has 0 spiro atoms. The molecule has 0 unspecified atom stereocenters. The molecule has 0 radical (unpaired) electrons. The van der Waals surface area contributed by atoms with Gasteiger partial charge in [0.05, 0.1) is 11.8 Å². The van der Waals surface area contributed by atoms with Crippen molar-refractivity contribution >= 4 is 12.1 Å².